The number of hydrogen-bond acceptors (Lipinski definition) is 1. The van der Waals surface area contributed by atoms with E-state index in [1.165, 1.54) is 29.9 Å². The van der Waals surface area contributed by atoms with Crippen molar-refractivity contribution in [2.24, 2.45) is 16.7 Å². The Kier molecular flexibility index (Phi) is 6.91. The van der Waals surface area contributed by atoms with Crippen molar-refractivity contribution in [2.45, 2.75) is 67.7 Å². The molecule has 0 spiro atoms. The van der Waals surface area contributed by atoms with Gasteiger partial charge in [-0.05, 0) is 46.7 Å². The molecule has 0 rings (SSSR count). The zero-order chi connectivity index (χ0) is 13.7. The SMILES string of the molecule is C=C(SCCCC(C)CC(C)(C)C)C(C)(C)C. The van der Waals surface area contributed by atoms with Crippen LogP contribution < -0.4 is 0 Å². The molecular weight excluding hydrogens is 224 g/mol. The number of hydrogen-bond donors (Lipinski definition) is 0. The second kappa shape index (κ2) is 6.87. The quantitative estimate of drug-likeness (QED) is 0.515. The molecule has 1 unspecified atom stereocenters. The minimum Gasteiger partial charge on any atom is -0.131 e. The Bertz CT molecular complexity index is 227. The van der Waals surface area contributed by atoms with Gasteiger partial charge in [-0.25, -0.2) is 0 Å². The Morgan fingerprint density at radius 3 is 2.06 bits per heavy atom. The van der Waals surface area contributed by atoms with Gasteiger partial charge in [0.05, 0.1) is 0 Å². The van der Waals surface area contributed by atoms with Gasteiger partial charge >= 0.3 is 0 Å². The molecule has 0 aromatic rings. The van der Waals surface area contributed by atoms with E-state index in [-0.39, 0.29) is 5.41 Å². The fraction of sp³-hybridized carbons (Fsp3) is 0.875. The van der Waals surface area contributed by atoms with E-state index in [1.54, 1.807) is 0 Å². The highest BCUT2D eigenvalue weighted by molar-refractivity contribution is 8.03. The van der Waals surface area contributed by atoms with Crippen molar-refractivity contribution in [3.05, 3.63) is 11.5 Å². The molecule has 0 N–H and O–H groups in total. The standard InChI is InChI=1S/C16H32S/c1-13(12-15(3,4)5)10-9-11-17-14(2)16(6,7)8/h13H,2,9-12H2,1,3-8H3. The molecule has 0 aromatic heterocycles. The molecular formula is C16H32S. The Labute approximate surface area is 114 Å². The Morgan fingerprint density at radius 2 is 1.65 bits per heavy atom. The Hall–Kier alpha value is 0.0900. The van der Waals surface area contributed by atoms with E-state index in [1.807, 2.05) is 11.8 Å². The molecule has 102 valence electrons. The predicted octanol–water partition coefficient (Wildman–Crippen LogP) is 6.13. The van der Waals surface area contributed by atoms with Crippen molar-refractivity contribution >= 4 is 11.8 Å². The van der Waals surface area contributed by atoms with Crippen molar-refractivity contribution in [2.75, 3.05) is 5.75 Å². The molecule has 0 saturated heterocycles. The summed E-state index contributed by atoms with van der Waals surface area (Å²) < 4.78 is 0. The maximum atomic E-state index is 4.17. The van der Waals surface area contributed by atoms with Gasteiger partial charge in [0.2, 0.25) is 0 Å². The third-order valence-electron chi connectivity index (χ3n) is 2.91. The van der Waals surface area contributed by atoms with Gasteiger partial charge in [-0.1, -0.05) is 55.0 Å². The molecule has 0 aliphatic carbocycles. The van der Waals surface area contributed by atoms with E-state index in [2.05, 4.69) is 55.0 Å². The average molecular weight is 256 g/mol. The fourth-order valence-corrected chi connectivity index (χ4v) is 2.98. The molecule has 0 nitrogen and oxygen atoms in total. The summed E-state index contributed by atoms with van der Waals surface area (Å²) in [5.74, 6) is 2.07. The maximum Gasteiger partial charge on any atom is -0.00231 e. The summed E-state index contributed by atoms with van der Waals surface area (Å²) in [6, 6.07) is 0. The summed E-state index contributed by atoms with van der Waals surface area (Å²) in [5.41, 5.74) is 0.725. The van der Waals surface area contributed by atoms with Crippen LogP contribution in [0.1, 0.15) is 67.7 Å². The second-order valence-electron chi connectivity index (χ2n) is 7.53. The monoisotopic (exact) mass is 256 g/mol. The van der Waals surface area contributed by atoms with E-state index in [0.717, 1.165) is 5.92 Å². The first kappa shape index (κ1) is 17.1. The predicted molar refractivity (Wildman–Crippen MR) is 83.5 cm³/mol. The minimum absolute atomic E-state index is 0.252. The highest BCUT2D eigenvalue weighted by atomic mass is 32.2. The van der Waals surface area contributed by atoms with Crippen molar-refractivity contribution < 1.29 is 0 Å². The van der Waals surface area contributed by atoms with Crippen molar-refractivity contribution in [1.82, 2.24) is 0 Å². The molecule has 0 heterocycles. The highest BCUT2D eigenvalue weighted by Crippen LogP contribution is 2.34. The largest absolute Gasteiger partial charge is 0.131 e. The van der Waals surface area contributed by atoms with E-state index in [0.29, 0.717) is 5.41 Å². The number of thioether (sulfide) groups is 1. The van der Waals surface area contributed by atoms with Gasteiger partial charge in [0.1, 0.15) is 0 Å². The van der Waals surface area contributed by atoms with Crippen LogP contribution in [0, 0.1) is 16.7 Å². The molecule has 0 fully saturated rings. The van der Waals surface area contributed by atoms with Crippen LogP contribution in [0.2, 0.25) is 0 Å². The lowest BCUT2D eigenvalue weighted by molar-refractivity contribution is 0.296. The van der Waals surface area contributed by atoms with E-state index >= 15 is 0 Å². The van der Waals surface area contributed by atoms with Gasteiger partial charge in [-0.15, -0.1) is 11.8 Å². The number of rotatable bonds is 6. The normalized spacial score (nSPS) is 14.8. The first-order valence-electron chi connectivity index (χ1n) is 6.84. The lowest BCUT2D eigenvalue weighted by Gasteiger charge is -2.24. The smallest absolute Gasteiger partial charge is 0.00231 e. The fourth-order valence-electron chi connectivity index (χ4n) is 1.99. The van der Waals surface area contributed by atoms with Gasteiger partial charge in [0, 0.05) is 0 Å². The van der Waals surface area contributed by atoms with Gasteiger partial charge < -0.3 is 0 Å². The van der Waals surface area contributed by atoms with Gasteiger partial charge in [0.15, 0.2) is 0 Å². The molecule has 0 radical (unpaired) electrons. The summed E-state index contributed by atoms with van der Waals surface area (Å²) >= 11 is 1.95. The Balaban J connectivity index is 3.69. The van der Waals surface area contributed by atoms with Crippen LogP contribution in [0.3, 0.4) is 0 Å². The average Bonchev–Trinajstić information content (AvgIpc) is 2.07. The molecule has 0 aromatic carbocycles. The maximum absolute atomic E-state index is 4.17. The van der Waals surface area contributed by atoms with E-state index in [9.17, 15) is 0 Å². The summed E-state index contributed by atoms with van der Waals surface area (Å²) in [5, 5.41) is 0. The van der Waals surface area contributed by atoms with Crippen LogP contribution in [0.5, 0.6) is 0 Å². The second-order valence-corrected chi connectivity index (χ2v) is 8.72. The van der Waals surface area contributed by atoms with Crippen LogP contribution in [0.15, 0.2) is 11.5 Å². The summed E-state index contributed by atoms with van der Waals surface area (Å²) in [6.45, 7) is 20.3. The molecule has 0 aliphatic rings. The molecule has 17 heavy (non-hydrogen) atoms. The molecule has 1 heteroatoms. The van der Waals surface area contributed by atoms with E-state index < -0.39 is 0 Å². The number of allylic oxidation sites excluding steroid dienone is 1. The topological polar surface area (TPSA) is 0 Å². The molecule has 0 amide bonds. The molecule has 0 aliphatic heterocycles. The van der Waals surface area contributed by atoms with Crippen molar-refractivity contribution in [3.8, 4) is 0 Å². The van der Waals surface area contributed by atoms with Gasteiger partial charge in [-0.3, -0.25) is 0 Å². The van der Waals surface area contributed by atoms with Gasteiger partial charge in [0.25, 0.3) is 0 Å². The highest BCUT2D eigenvalue weighted by Gasteiger charge is 2.16. The summed E-state index contributed by atoms with van der Waals surface area (Å²) in [7, 11) is 0. The first-order valence-corrected chi connectivity index (χ1v) is 7.83. The van der Waals surface area contributed by atoms with Crippen LogP contribution in [-0.2, 0) is 0 Å². The van der Waals surface area contributed by atoms with Crippen LogP contribution in [0.4, 0.5) is 0 Å². The minimum atomic E-state index is 0.252. The zero-order valence-corrected chi connectivity index (χ0v) is 13.8. The third-order valence-corrected chi connectivity index (χ3v) is 4.37. The summed E-state index contributed by atoms with van der Waals surface area (Å²) in [6.07, 6.45) is 4.00. The van der Waals surface area contributed by atoms with Gasteiger partial charge in [-0.2, -0.15) is 0 Å². The lowest BCUT2D eigenvalue weighted by atomic mass is 9.84. The third kappa shape index (κ3) is 9.76. The van der Waals surface area contributed by atoms with Crippen molar-refractivity contribution in [1.29, 1.82) is 0 Å². The molecule has 0 saturated carbocycles. The lowest BCUT2D eigenvalue weighted by Crippen LogP contribution is -2.11. The van der Waals surface area contributed by atoms with Crippen LogP contribution >= 0.6 is 11.8 Å². The summed E-state index contributed by atoms with van der Waals surface area (Å²) in [4.78, 5) is 1.32. The zero-order valence-electron chi connectivity index (χ0n) is 13.0. The Morgan fingerprint density at radius 1 is 1.12 bits per heavy atom. The van der Waals surface area contributed by atoms with Crippen molar-refractivity contribution in [3.63, 3.8) is 0 Å². The van der Waals surface area contributed by atoms with E-state index in [4.69, 9.17) is 0 Å². The van der Waals surface area contributed by atoms with Crippen LogP contribution in [-0.4, -0.2) is 5.75 Å². The molecule has 1 atom stereocenters. The van der Waals surface area contributed by atoms with Crippen LogP contribution in [0.25, 0.3) is 0 Å². The first-order chi connectivity index (χ1) is 7.52. The molecule has 0 bridgehead atoms.